The van der Waals surface area contributed by atoms with Crippen LogP contribution in [0.3, 0.4) is 0 Å². The van der Waals surface area contributed by atoms with Gasteiger partial charge in [-0.1, -0.05) is 13.3 Å². The van der Waals surface area contributed by atoms with Crippen LogP contribution in [0.4, 0.5) is 0 Å². The minimum absolute atomic E-state index is 0.0200. The number of carboxylic acids is 1. The minimum atomic E-state index is -1.06. The van der Waals surface area contributed by atoms with Crippen molar-refractivity contribution in [3.8, 4) is 0 Å². The van der Waals surface area contributed by atoms with Crippen molar-refractivity contribution in [3.63, 3.8) is 0 Å². The molecule has 0 saturated carbocycles. The first-order valence-corrected chi connectivity index (χ1v) is 6.93. The predicted molar refractivity (Wildman–Crippen MR) is 72.8 cm³/mol. The SMILES string of the molecule is CCCCOC(C)OC(C)=O.CCOC(C)CC(=O)[O-]. The van der Waals surface area contributed by atoms with Crippen LogP contribution in [0.1, 0.15) is 53.9 Å². The van der Waals surface area contributed by atoms with Gasteiger partial charge in [0.05, 0.1) is 12.7 Å². The van der Waals surface area contributed by atoms with Crippen LogP contribution in [0, 0.1) is 0 Å². The van der Waals surface area contributed by atoms with E-state index >= 15 is 0 Å². The molecule has 0 aromatic heterocycles. The summed E-state index contributed by atoms with van der Waals surface area (Å²) in [7, 11) is 0. The van der Waals surface area contributed by atoms with E-state index in [1.54, 1.807) is 13.8 Å². The molecule has 0 amide bonds. The molecule has 0 spiro atoms. The fraction of sp³-hybridized carbons (Fsp3) is 0.857. The molecule has 0 radical (unpaired) electrons. The van der Waals surface area contributed by atoms with Crippen LogP contribution < -0.4 is 5.11 Å². The zero-order valence-electron chi connectivity index (χ0n) is 13.1. The Balaban J connectivity index is 0. The standard InChI is InChI=1S/C8H16O3.C6H12O3/c1-4-5-6-10-8(3)11-7(2)9;1-3-9-5(2)4-6(7)8/h8H,4-6H2,1-3H3;5H,3-4H2,1-2H3,(H,7,8)/p-1. The number of carboxylic acid groups (broad SMARTS) is 1. The summed E-state index contributed by atoms with van der Waals surface area (Å²) >= 11 is 0. The number of unbranched alkanes of at least 4 members (excludes halogenated alkanes) is 1. The smallest absolute Gasteiger partial charge is 0.304 e. The van der Waals surface area contributed by atoms with E-state index in [-0.39, 0.29) is 18.5 Å². The molecule has 0 aromatic carbocycles. The molecule has 0 N–H and O–H groups in total. The van der Waals surface area contributed by atoms with Crippen molar-refractivity contribution < 1.29 is 28.9 Å². The molecule has 120 valence electrons. The van der Waals surface area contributed by atoms with Crippen LogP contribution in [-0.2, 0) is 23.8 Å². The third-order valence-electron chi connectivity index (χ3n) is 2.09. The largest absolute Gasteiger partial charge is 0.550 e. The van der Waals surface area contributed by atoms with Gasteiger partial charge in [-0.05, 0) is 27.2 Å². The molecule has 0 aliphatic heterocycles. The maximum absolute atomic E-state index is 10.4. The van der Waals surface area contributed by atoms with Crippen LogP contribution in [0.25, 0.3) is 0 Å². The van der Waals surface area contributed by atoms with Crippen LogP contribution in [-0.4, -0.2) is 37.5 Å². The van der Waals surface area contributed by atoms with Crippen LogP contribution in [0.15, 0.2) is 0 Å². The van der Waals surface area contributed by atoms with Crippen LogP contribution in [0.5, 0.6) is 0 Å². The van der Waals surface area contributed by atoms with E-state index in [1.807, 2.05) is 6.92 Å². The average molecular weight is 291 g/mol. The second-order valence-corrected chi connectivity index (χ2v) is 4.24. The number of carbonyl (C=O) groups is 2. The lowest BCUT2D eigenvalue weighted by Gasteiger charge is -2.11. The van der Waals surface area contributed by atoms with Gasteiger partial charge in [0.15, 0.2) is 6.29 Å². The summed E-state index contributed by atoms with van der Waals surface area (Å²) in [5.74, 6) is -1.36. The van der Waals surface area contributed by atoms with E-state index in [4.69, 9.17) is 14.2 Å². The lowest BCUT2D eigenvalue weighted by atomic mass is 10.3. The van der Waals surface area contributed by atoms with Crippen molar-refractivity contribution in [3.05, 3.63) is 0 Å². The number of hydrogen-bond donors (Lipinski definition) is 0. The van der Waals surface area contributed by atoms with Gasteiger partial charge in [0.2, 0.25) is 0 Å². The summed E-state index contributed by atoms with van der Waals surface area (Å²) in [6.45, 7) is 9.92. The third kappa shape index (κ3) is 19.2. The van der Waals surface area contributed by atoms with E-state index in [2.05, 4.69) is 6.92 Å². The van der Waals surface area contributed by atoms with Gasteiger partial charge in [-0.15, -0.1) is 0 Å². The van der Waals surface area contributed by atoms with Gasteiger partial charge in [-0.2, -0.15) is 0 Å². The van der Waals surface area contributed by atoms with Gasteiger partial charge in [0, 0.05) is 25.9 Å². The number of rotatable bonds is 9. The van der Waals surface area contributed by atoms with E-state index in [0.29, 0.717) is 13.2 Å². The topological polar surface area (TPSA) is 84.9 Å². The quantitative estimate of drug-likeness (QED) is 0.361. The maximum atomic E-state index is 10.4. The van der Waals surface area contributed by atoms with Crippen LogP contribution in [0.2, 0.25) is 0 Å². The minimum Gasteiger partial charge on any atom is -0.550 e. The first-order chi connectivity index (χ1) is 9.33. The Hall–Kier alpha value is -1.14. The van der Waals surface area contributed by atoms with Gasteiger partial charge in [-0.25, -0.2) is 0 Å². The number of aliphatic carboxylic acids is 1. The molecule has 0 bridgehead atoms. The number of carbonyl (C=O) groups excluding carboxylic acids is 2. The van der Waals surface area contributed by atoms with E-state index < -0.39 is 12.3 Å². The molecule has 0 fully saturated rings. The summed E-state index contributed by atoms with van der Waals surface area (Å²) in [6.07, 6.45) is 1.45. The first kappa shape index (κ1) is 21.2. The van der Waals surface area contributed by atoms with Crippen molar-refractivity contribution >= 4 is 11.9 Å². The number of esters is 1. The van der Waals surface area contributed by atoms with Crippen molar-refractivity contribution in [1.29, 1.82) is 0 Å². The number of hydrogen-bond acceptors (Lipinski definition) is 6. The van der Waals surface area contributed by atoms with Crippen molar-refractivity contribution in [2.45, 2.75) is 66.3 Å². The highest BCUT2D eigenvalue weighted by atomic mass is 16.7. The molecule has 2 unspecified atom stereocenters. The van der Waals surface area contributed by atoms with E-state index in [1.165, 1.54) is 6.92 Å². The Bertz CT molecular complexity index is 254. The second-order valence-electron chi connectivity index (χ2n) is 4.24. The monoisotopic (exact) mass is 291 g/mol. The second kappa shape index (κ2) is 14.3. The molecule has 0 saturated heterocycles. The molecule has 2 atom stereocenters. The van der Waals surface area contributed by atoms with Crippen molar-refractivity contribution in [1.82, 2.24) is 0 Å². The van der Waals surface area contributed by atoms with E-state index in [0.717, 1.165) is 12.8 Å². The Morgan fingerprint density at radius 2 is 1.75 bits per heavy atom. The van der Waals surface area contributed by atoms with Crippen molar-refractivity contribution in [2.75, 3.05) is 13.2 Å². The zero-order valence-corrected chi connectivity index (χ0v) is 13.1. The van der Waals surface area contributed by atoms with E-state index in [9.17, 15) is 14.7 Å². The third-order valence-corrected chi connectivity index (χ3v) is 2.09. The van der Waals surface area contributed by atoms with Gasteiger partial charge in [-0.3, -0.25) is 4.79 Å². The summed E-state index contributed by atoms with van der Waals surface area (Å²) in [4.78, 5) is 20.3. The van der Waals surface area contributed by atoms with Gasteiger partial charge < -0.3 is 24.1 Å². The van der Waals surface area contributed by atoms with Gasteiger partial charge >= 0.3 is 5.97 Å². The molecule has 0 heterocycles. The zero-order chi connectivity index (χ0) is 16.0. The molecule has 6 heteroatoms. The highest BCUT2D eigenvalue weighted by Gasteiger charge is 2.03. The Labute approximate surface area is 121 Å². The molecule has 0 aliphatic rings. The molecule has 0 aliphatic carbocycles. The highest BCUT2D eigenvalue weighted by Crippen LogP contribution is 1.96. The Kier molecular flexibility index (Phi) is 15.1. The molecular weight excluding hydrogens is 264 g/mol. The summed E-state index contributed by atoms with van der Waals surface area (Å²) in [5, 5.41) is 9.89. The summed E-state index contributed by atoms with van der Waals surface area (Å²) in [5.41, 5.74) is 0. The lowest BCUT2D eigenvalue weighted by Crippen LogP contribution is -2.27. The maximum Gasteiger partial charge on any atom is 0.304 e. The lowest BCUT2D eigenvalue weighted by molar-refractivity contribution is -0.307. The Morgan fingerprint density at radius 1 is 1.15 bits per heavy atom. The fourth-order valence-corrected chi connectivity index (χ4v) is 1.24. The normalized spacial score (nSPS) is 12.8. The fourth-order valence-electron chi connectivity index (χ4n) is 1.24. The van der Waals surface area contributed by atoms with Gasteiger partial charge in [0.1, 0.15) is 0 Å². The van der Waals surface area contributed by atoms with Gasteiger partial charge in [0.25, 0.3) is 0 Å². The Morgan fingerprint density at radius 3 is 2.15 bits per heavy atom. The average Bonchev–Trinajstić information content (AvgIpc) is 2.28. The van der Waals surface area contributed by atoms with Crippen molar-refractivity contribution in [2.24, 2.45) is 0 Å². The summed E-state index contributed by atoms with van der Waals surface area (Å²) < 4.78 is 14.8. The first-order valence-electron chi connectivity index (χ1n) is 6.93. The molecular formula is C14H27O6-. The molecule has 0 aromatic rings. The van der Waals surface area contributed by atoms with Crippen LogP contribution >= 0.6 is 0 Å². The summed E-state index contributed by atoms with van der Waals surface area (Å²) in [6, 6.07) is 0. The molecule has 0 rings (SSSR count). The predicted octanol–water partition coefficient (Wildman–Crippen LogP) is 1.26. The highest BCUT2D eigenvalue weighted by molar-refractivity contribution is 5.66. The molecule has 6 nitrogen and oxygen atoms in total. The number of ether oxygens (including phenoxy) is 3. The molecule has 20 heavy (non-hydrogen) atoms.